The summed E-state index contributed by atoms with van der Waals surface area (Å²) in [5.41, 5.74) is -0.0946. The van der Waals surface area contributed by atoms with Gasteiger partial charge < -0.3 is 9.79 Å². The summed E-state index contributed by atoms with van der Waals surface area (Å²) in [5, 5.41) is -1.82. The number of alkyl halides is 1. The highest BCUT2D eigenvalue weighted by Crippen LogP contribution is 2.63. The smallest absolute Gasteiger partial charge is 0.324 e. The van der Waals surface area contributed by atoms with Gasteiger partial charge in [0.2, 0.25) is 0 Å². The van der Waals surface area contributed by atoms with Gasteiger partial charge in [0.05, 0.1) is 0 Å². The summed E-state index contributed by atoms with van der Waals surface area (Å²) >= 11 is 0. The first-order valence-corrected chi connectivity index (χ1v) is 8.34. The van der Waals surface area contributed by atoms with E-state index >= 15 is 0 Å². The Kier molecular flexibility index (Phi) is 4.33. The van der Waals surface area contributed by atoms with Gasteiger partial charge in [-0.05, 0) is 25.8 Å². The zero-order chi connectivity index (χ0) is 15.0. The van der Waals surface area contributed by atoms with E-state index in [1.54, 1.807) is 0 Å². The molecule has 20 heavy (non-hydrogen) atoms. The van der Waals surface area contributed by atoms with Crippen molar-refractivity contribution in [2.75, 3.05) is 0 Å². The van der Waals surface area contributed by atoms with Gasteiger partial charge in [-0.15, -0.1) is 0 Å². The maximum absolute atomic E-state index is 14.2. The number of hydrogen-bond donors (Lipinski definition) is 2. The van der Waals surface area contributed by atoms with Gasteiger partial charge in [-0.1, -0.05) is 31.0 Å². The molecule has 0 amide bonds. The van der Waals surface area contributed by atoms with Gasteiger partial charge in [-0.2, -0.15) is 0 Å². The molecule has 3 nitrogen and oxygen atoms in total. The Balaban J connectivity index is 2.57. The third-order valence-electron chi connectivity index (χ3n) is 4.43. The van der Waals surface area contributed by atoms with E-state index in [0.717, 1.165) is 6.07 Å². The van der Waals surface area contributed by atoms with Crippen molar-refractivity contribution in [3.05, 3.63) is 35.6 Å². The normalized spacial score (nSPS) is 27.1. The van der Waals surface area contributed by atoms with Crippen molar-refractivity contribution in [3.63, 3.8) is 0 Å². The average molecular weight is 304 g/mol. The minimum absolute atomic E-state index is 0.0946. The monoisotopic (exact) mass is 304 g/mol. The molecule has 112 valence electrons. The summed E-state index contributed by atoms with van der Waals surface area (Å²) in [4.78, 5) is 19.5. The second-order valence-electron chi connectivity index (χ2n) is 5.58. The minimum Gasteiger partial charge on any atom is -0.324 e. The zero-order valence-corrected chi connectivity index (χ0v) is 12.2. The van der Waals surface area contributed by atoms with E-state index in [9.17, 15) is 23.1 Å². The van der Waals surface area contributed by atoms with Crippen LogP contribution in [0.15, 0.2) is 24.3 Å². The van der Waals surface area contributed by atoms with Crippen LogP contribution in [0.2, 0.25) is 0 Å². The minimum atomic E-state index is -4.72. The molecule has 2 rings (SSSR count). The van der Waals surface area contributed by atoms with Gasteiger partial charge in [0.25, 0.3) is 0 Å². The van der Waals surface area contributed by atoms with Crippen LogP contribution < -0.4 is 0 Å². The summed E-state index contributed by atoms with van der Waals surface area (Å²) in [6.07, 6.45) is 0.716. The fourth-order valence-electron chi connectivity index (χ4n) is 3.16. The van der Waals surface area contributed by atoms with E-state index in [4.69, 9.17) is 0 Å². The van der Waals surface area contributed by atoms with Crippen molar-refractivity contribution in [1.29, 1.82) is 0 Å². The summed E-state index contributed by atoms with van der Waals surface area (Å²) in [7, 11) is -4.72. The first-order chi connectivity index (χ1) is 9.28. The first-order valence-electron chi connectivity index (χ1n) is 6.73. The van der Waals surface area contributed by atoms with Crippen molar-refractivity contribution in [2.24, 2.45) is 5.92 Å². The summed E-state index contributed by atoms with van der Waals surface area (Å²) in [5.74, 6) is -1.56. The summed E-state index contributed by atoms with van der Waals surface area (Å²) in [6.45, 7) is 1.29. The molecule has 0 radical (unpaired) electrons. The highest BCUT2D eigenvalue weighted by Gasteiger charge is 2.54. The third-order valence-corrected chi connectivity index (χ3v) is 6.21. The predicted molar refractivity (Wildman–Crippen MR) is 72.7 cm³/mol. The van der Waals surface area contributed by atoms with Gasteiger partial charge in [-0.3, -0.25) is 4.57 Å². The molecule has 0 saturated heterocycles. The quantitative estimate of drug-likeness (QED) is 0.836. The van der Waals surface area contributed by atoms with Crippen molar-refractivity contribution in [3.8, 4) is 0 Å². The van der Waals surface area contributed by atoms with E-state index in [-0.39, 0.29) is 12.0 Å². The Morgan fingerprint density at radius 2 is 1.85 bits per heavy atom. The largest absolute Gasteiger partial charge is 0.336 e. The summed E-state index contributed by atoms with van der Waals surface area (Å²) < 4.78 is 40.3. The van der Waals surface area contributed by atoms with Crippen LogP contribution in [0.4, 0.5) is 8.78 Å². The molecule has 6 heteroatoms. The number of hydrogen-bond acceptors (Lipinski definition) is 1. The van der Waals surface area contributed by atoms with E-state index in [1.807, 2.05) is 0 Å². The molecule has 2 N–H and O–H groups in total. The van der Waals surface area contributed by atoms with E-state index < -0.39 is 30.7 Å². The van der Waals surface area contributed by atoms with Crippen LogP contribution in [0.3, 0.4) is 0 Å². The molecular formula is C14H19F2O3P. The molecule has 3 unspecified atom stereocenters. The average Bonchev–Trinajstić information content (AvgIpc) is 2.37. The lowest BCUT2D eigenvalue weighted by Crippen LogP contribution is -2.40. The molecule has 1 saturated carbocycles. The Hall–Kier alpha value is -0.770. The molecule has 0 heterocycles. The molecule has 1 aromatic carbocycles. The third kappa shape index (κ3) is 2.54. The molecule has 1 fully saturated rings. The van der Waals surface area contributed by atoms with Crippen molar-refractivity contribution in [1.82, 2.24) is 0 Å². The maximum atomic E-state index is 14.2. The molecule has 1 aliphatic rings. The van der Waals surface area contributed by atoms with Crippen LogP contribution in [-0.4, -0.2) is 16.0 Å². The number of halogens is 2. The van der Waals surface area contributed by atoms with E-state index in [0.29, 0.717) is 19.3 Å². The lowest BCUT2D eigenvalue weighted by atomic mass is 9.75. The molecule has 1 aliphatic carbocycles. The molecule has 0 aromatic heterocycles. The standard InChI is InChI=1S/C14H19F2O3P/c1-14(20(17,18)19,10-6-2-4-8-12(10)15)11-7-3-5-9-13(11)16/h2,4,6,8,11,13H,3,5,7,9H2,1H3,(H2,17,18,19). The van der Waals surface area contributed by atoms with Crippen molar-refractivity contribution in [2.45, 2.75) is 43.9 Å². The van der Waals surface area contributed by atoms with E-state index in [1.165, 1.54) is 25.1 Å². The van der Waals surface area contributed by atoms with Gasteiger partial charge >= 0.3 is 7.60 Å². The van der Waals surface area contributed by atoms with Crippen LogP contribution >= 0.6 is 7.60 Å². The van der Waals surface area contributed by atoms with Crippen LogP contribution in [0.5, 0.6) is 0 Å². The van der Waals surface area contributed by atoms with E-state index in [2.05, 4.69) is 0 Å². The molecule has 0 aliphatic heterocycles. The molecule has 0 bridgehead atoms. The molecular weight excluding hydrogens is 285 g/mol. The fraction of sp³-hybridized carbons (Fsp3) is 0.571. The lowest BCUT2D eigenvalue weighted by molar-refractivity contribution is 0.115. The maximum Gasteiger partial charge on any atom is 0.336 e. The van der Waals surface area contributed by atoms with Crippen molar-refractivity contribution < 1.29 is 23.1 Å². The van der Waals surface area contributed by atoms with Crippen LogP contribution in [-0.2, 0) is 9.72 Å². The van der Waals surface area contributed by atoms with Gasteiger partial charge in [0, 0.05) is 11.5 Å². The molecule has 3 atom stereocenters. The predicted octanol–water partition coefficient (Wildman–Crippen LogP) is 3.75. The zero-order valence-electron chi connectivity index (χ0n) is 11.3. The molecule has 0 spiro atoms. The Morgan fingerprint density at radius 3 is 2.40 bits per heavy atom. The fourth-order valence-corrected chi connectivity index (χ4v) is 4.38. The van der Waals surface area contributed by atoms with Crippen LogP contribution in [0, 0.1) is 11.7 Å². The topological polar surface area (TPSA) is 57.5 Å². The molecule has 1 aromatic rings. The Bertz CT molecular complexity index is 531. The van der Waals surface area contributed by atoms with Crippen LogP contribution in [0.25, 0.3) is 0 Å². The Morgan fingerprint density at radius 1 is 1.25 bits per heavy atom. The SMILES string of the molecule is CC(c1ccccc1F)(C1CCCCC1F)P(=O)(O)O. The lowest BCUT2D eigenvalue weighted by Gasteiger charge is -2.42. The Labute approximate surface area is 117 Å². The highest BCUT2D eigenvalue weighted by atomic mass is 31.2. The van der Waals surface area contributed by atoms with Crippen molar-refractivity contribution >= 4 is 7.60 Å². The number of rotatable bonds is 3. The van der Waals surface area contributed by atoms with Gasteiger partial charge in [0.15, 0.2) is 0 Å². The van der Waals surface area contributed by atoms with Gasteiger partial charge in [0.1, 0.15) is 17.1 Å². The van der Waals surface area contributed by atoms with Crippen LogP contribution in [0.1, 0.15) is 38.2 Å². The second kappa shape index (κ2) is 5.55. The second-order valence-corrected chi connectivity index (χ2v) is 7.60. The highest BCUT2D eigenvalue weighted by molar-refractivity contribution is 7.53. The summed E-state index contributed by atoms with van der Waals surface area (Å²) in [6, 6.07) is 5.46. The first kappa shape index (κ1) is 15.6. The van der Waals surface area contributed by atoms with Gasteiger partial charge in [-0.25, -0.2) is 8.78 Å². The number of benzene rings is 1.